The van der Waals surface area contributed by atoms with Crippen molar-refractivity contribution in [2.45, 2.75) is 39.2 Å². The number of carbonyl (C=O) groups excluding carboxylic acids is 1. The lowest BCUT2D eigenvalue weighted by molar-refractivity contribution is -0.126. The maximum Gasteiger partial charge on any atom is 0.224 e. The van der Waals surface area contributed by atoms with Gasteiger partial charge in [-0.05, 0) is 37.8 Å². The molecule has 4 heteroatoms. The first-order valence-electron chi connectivity index (χ1n) is 8.25. The number of hydrogen-bond acceptors (Lipinski definition) is 3. The van der Waals surface area contributed by atoms with Gasteiger partial charge in [0.15, 0.2) is 0 Å². The van der Waals surface area contributed by atoms with Gasteiger partial charge < -0.3 is 15.4 Å². The molecule has 1 saturated heterocycles. The normalized spacial score (nSPS) is 19.7. The summed E-state index contributed by atoms with van der Waals surface area (Å²) in [6.45, 7) is 6.16. The lowest BCUT2D eigenvalue weighted by Gasteiger charge is -2.27. The number of amides is 1. The third-order valence-electron chi connectivity index (χ3n) is 4.21. The average Bonchev–Trinajstić information content (AvgIpc) is 2.54. The number of carbonyl (C=O) groups is 1. The van der Waals surface area contributed by atoms with Crippen LogP contribution in [0.2, 0.25) is 0 Å². The van der Waals surface area contributed by atoms with E-state index in [-0.39, 0.29) is 17.9 Å². The molecular formula is C18H28N2O2. The average molecular weight is 304 g/mol. The van der Waals surface area contributed by atoms with E-state index >= 15 is 0 Å². The van der Waals surface area contributed by atoms with Crippen molar-refractivity contribution >= 4 is 5.91 Å². The minimum absolute atomic E-state index is 0.00516. The van der Waals surface area contributed by atoms with Gasteiger partial charge in [-0.25, -0.2) is 0 Å². The van der Waals surface area contributed by atoms with Crippen LogP contribution in [-0.4, -0.2) is 26.1 Å². The molecule has 1 fully saturated rings. The van der Waals surface area contributed by atoms with Crippen molar-refractivity contribution in [1.29, 1.82) is 0 Å². The molecule has 122 valence electrons. The Morgan fingerprint density at radius 1 is 1.41 bits per heavy atom. The zero-order chi connectivity index (χ0) is 15.9. The molecule has 2 unspecified atom stereocenters. The van der Waals surface area contributed by atoms with E-state index in [1.165, 1.54) is 0 Å². The van der Waals surface area contributed by atoms with Crippen LogP contribution in [0.3, 0.4) is 0 Å². The fourth-order valence-electron chi connectivity index (χ4n) is 3.05. The molecule has 22 heavy (non-hydrogen) atoms. The molecule has 2 N–H and O–H groups in total. The molecule has 1 amide bonds. The quantitative estimate of drug-likeness (QED) is 0.849. The number of ether oxygens (including phenoxy) is 1. The zero-order valence-electron chi connectivity index (χ0n) is 13.9. The van der Waals surface area contributed by atoms with Crippen molar-refractivity contribution in [1.82, 2.24) is 10.6 Å². The van der Waals surface area contributed by atoms with Crippen molar-refractivity contribution in [3.8, 4) is 5.75 Å². The molecule has 0 radical (unpaired) electrons. The predicted octanol–water partition coefficient (Wildman–Crippen LogP) is 2.90. The van der Waals surface area contributed by atoms with Gasteiger partial charge in [-0.3, -0.25) is 4.79 Å². The minimum atomic E-state index is 0.00516. The summed E-state index contributed by atoms with van der Waals surface area (Å²) in [4.78, 5) is 12.6. The summed E-state index contributed by atoms with van der Waals surface area (Å²) in [6, 6.07) is 7.97. The van der Waals surface area contributed by atoms with Gasteiger partial charge in [0.25, 0.3) is 0 Å². The van der Waals surface area contributed by atoms with Gasteiger partial charge in [-0.1, -0.05) is 32.0 Å². The first-order valence-corrected chi connectivity index (χ1v) is 8.25. The van der Waals surface area contributed by atoms with Crippen molar-refractivity contribution in [2.24, 2.45) is 11.8 Å². The summed E-state index contributed by atoms with van der Waals surface area (Å²) < 4.78 is 5.47. The van der Waals surface area contributed by atoms with E-state index in [2.05, 4.69) is 24.5 Å². The first kappa shape index (κ1) is 16.8. The molecule has 1 aliphatic heterocycles. The second kappa shape index (κ2) is 8.18. The van der Waals surface area contributed by atoms with E-state index in [1.54, 1.807) is 7.11 Å². The Morgan fingerprint density at radius 2 is 2.18 bits per heavy atom. The Balaban J connectivity index is 2.13. The van der Waals surface area contributed by atoms with Crippen LogP contribution >= 0.6 is 0 Å². The number of nitrogens with one attached hydrogen (secondary N) is 2. The van der Waals surface area contributed by atoms with Crippen LogP contribution in [0.25, 0.3) is 0 Å². The SMILES string of the molecule is COc1ccccc1C(CC(C)C)NC(=O)C1CCCNC1. The van der Waals surface area contributed by atoms with Crippen LogP contribution in [0.5, 0.6) is 5.75 Å². The van der Waals surface area contributed by atoms with Gasteiger partial charge in [-0.2, -0.15) is 0 Å². The van der Waals surface area contributed by atoms with E-state index in [0.717, 1.165) is 43.7 Å². The molecule has 0 spiro atoms. The van der Waals surface area contributed by atoms with Gasteiger partial charge in [-0.15, -0.1) is 0 Å². The molecule has 0 aliphatic carbocycles. The van der Waals surface area contributed by atoms with E-state index in [4.69, 9.17) is 4.74 Å². The van der Waals surface area contributed by atoms with Gasteiger partial charge in [0.1, 0.15) is 5.75 Å². The van der Waals surface area contributed by atoms with Crippen LogP contribution in [-0.2, 0) is 4.79 Å². The third-order valence-corrected chi connectivity index (χ3v) is 4.21. The molecule has 4 nitrogen and oxygen atoms in total. The maximum absolute atomic E-state index is 12.6. The molecular weight excluding hydrogens is 276 g/mol. The Morgan fingerprint density at radius 3 is 2.82 bits per heavy atom. The maximum atomic E-state index is 12.6. The van der Waals surface area contributed by atoms with Gasteiger partial charge >= 0.3 is 0 Å². The standard InChI is InChI=1S/C18H28N2O2/c1-13(2)11-16(15-8-4-5-9-17(15)22-3)20-18(21)14-7-6-10-19-12-14/h4-5,8-9,13-14,16,19H,6-7,10-12H2,1-3H3,(H,20,21). The lowest BCUT2D eigenvalue weighted by atomic mass is 9.94. The highest BCUT2D eigenvalue weighted by atomic mass is 16.5. The molecule has 2 atom stereocenters. The van der Waals surface area contributed by atoms with Crippen molar-refractivity contribution in [2.75, 3.05) is 20.2 Å². The van der Waals surface area contributed by atoms with Crippen LogP contribution in [0, 0.1) is 11.8 Å². The minimum Gasteiger partial charge on any atom is -0.496 e. The van der Waals surface area contributed by atoms with Gasteiger partial charge in [0.2, 0.25) is 5.91 Å². The highest BCUT2D eigenvalue weighted by molar-refractivity contribution is 5.79. The summed E-state index contributed by atoms with van der Waals surface area (Å²) in [5.74, 6) is 1.58. The van der Waals surface area contributed by atoms with E-state index in [1.807, 2.05) is 24.3 Å². The van der Waals surface area contributed by atoms with Gasteiger partial charge in [0, 0.05) is 12.1 Å². The second-order valence-corrected chi connectivity index (χ2v) is 6.48. The molecule has 0 saturated carbocycles. The first-order chi connectivity index (χ1) is 10.6. The Kier molecular flexibility index (Phi) is 6.25. The topological polar surface area (TPSA) is 50.4 Å². The number of methoxy groups -OCH3 is 1. The smallest absolute Gasteiger partial charge is 0.224 e. The Bertz CT molecular complexity index is 482. The van der Waals surface area contributed by atoms with Crippen LogP contribution < -0.4 is 15.4 Å². The van der Waals surface area contributed by atoms with E-state index in [9.17, 15) is 4.79 Å². The second-order valence-electron chi connectivity index (χ2n) is 6.48. The summed E-state index contributed by atoms with van der Waals surface area (Å²) >= 11 is 0. The Labute approximate surface area is 133 Å². The largest absolute Gasteiger partial charge is 0.496 e. The van der Waals surface area contributed by atoms with E-state index in [0.29, 0.717) is 5.92 Å². The molecule has 1 aliphatic rings. The summed E-state index contributed by atoms with van der Waals surface area (Å²) in [7, 11) is 1.68. The Hall–Kier alpha value is -1.55. The molecule has 1 aromatic carbocycles. The predicted molar refractivity (Wildman–Crippen MR) is 88.9 cm³/mol. The third kappa shape index (κ3) is 4.47. The summed E-state index contributed by atoms with van der Waals surface area (Å²) in [5, 5.41) is 6.56. The van der Waals surface area contributed by atoms with Crippen LogP contribution in [0.1, 0.15) is 44.7 Å². The summed E-state index contributed by atoms with van der Waals surface area (Å²) in [6.07, 6.45) is 2.95. The van der Waals surface area contributed by atoms with Crippen molar-refractivity contribution in [3.63, 3.8) is 0 Å². The fourth-order valence-corrected chi connectivity index (χ4v) is 3.05. The monoisotopic (exact) mass is 304 g/mol. The highest BCUT2D eigenvalue weighted by Crippen LogP contribution is 2.29. The highest BCUT2D eigenvalue weighted by Gasteiger charge is 2.25. The molecule has 2 rings (SSSR count). The number of piperidine rings is 1. The van der Waals surface area contributed by atoms with Crippen molar-refractivity contribution in [3.05, 3.63) is 29.8 Å². The zero-order valence-corrected chi connectivity index (χ0v) is 13.9. The number of benzene rings is 1. The molecule has 1 heterocycles. The molecule has 0 bridgehead atoms. The molecule has 0 aromatic heterocycles. The fraction of sp³-hybridized carbons (Fsp3) is 0.611. The van der Waals surface area contributed by atoms with Gasteiger partial charge in [0.05, 0.1) is 19.1 Å². The van der Waals surface area contributed by atoms with Crippen molar-refractivity contribution < 1.29 is 9.53 Å². The number of para-hydroxylation sites is 1. The van der Waals surface area contributed by atoms with E-state index < -0.39 is 0 Å². The number of hydrogen-bond donors (Lipinski definition) is 2. The molecule has 1 aromatic rings. The van der Waals surface area contributed by atoms with Crippen LogP contribution in [0.4, 0.5) is 0 Å². The number of rotatable bonds is 6. The van der Waals surface area contributed by atoms with Crippen LogP contribution in [0.15, 0.2) is 24.3 Å². The lowest BCUT2D eigenvalue weighted by Crippen LogP contribution is -2.42. The summed E-state index contributed by atoms with van der Waals surface area (Å²) in [5.41, 5.74) is 1.07.